The number of guanidine groups is 2. The van der Waals surface area contributed by atoms with Gasteiger partial charge in [-0.15, -0.1) is 0 Å². The summed E-state index contributed by atoms with van der Waals surface area (Å²) in [5.41, 5.74) is 18.4. The van der Waals surface area contributed by atoms with Crippen molar-refractivity contribution in [1.29, 1.82) is 0 Å². The molecule has 6 aliphatic heterocycles. The maximum absolute atomic E-state index is 5.25. The third-order valence-electron chi connectivity index (χ3n) is 14.9. The molecule has 0 aromatic heterocycles. The van der Waals surface area contributed by atoms with Crippen LogP contribution in [0.4, 0.5) is 17.1 Å². The average Bonchev–Trinajstić information content (AvgIpc) is 4.38. The second-order valence-electron chi connectivity index (χ2n) is 21.3. The molecule has 0 amide bonds. The summed E-state index contributed by atoms with van der Waals surface area (Å²) in [5.74, 6) is 3.03. The highest BCUT2D eigenvalue weighted by molar-refractivity contribution is 5.96. The van der Waals surface area contributed by atoms with E-state index in [-0.39, 0.29) is 0 Å². The molecular weight excluding hydrogens is 1010 g/mol. The number of likely N-dealkylation sites (N-methyl/N-ethyl adjacent to an activating group) is 1. The van der Waals surface area contributed by atoms with Gasteiger partial charge in [0, 0.05) is 74.7 Å². The highest BCUT2D eigenvalue weighted by Crippen LogP contribution is 2.19. The first-order chi connectivity index (χ1) is 40.1. The van der Waals surface area contributed by atoms with E-state index >= 15 is 0 Å². The van der Waals surface area contributed by atoms with Gasteiger partial charge in [-0.25, -0.2) is 4.99 Å². The van der Waals surface area contributed by atoms with E-state index in [4.69, 9.17) is 4.74 Å². The minimum absolute atomic E-state index is 0.634. The summed E-state index contributed by atoms with van der Waals surface area (Å²) in [6.45, 7) is 22.0. The molecule has 5 N–H and O–H groups in total. The number of aliphatic imine (C=N–C) groups is 6. The first-order valence-electron chi connectivity index (χ1n) is 29.7. The summed E-state index contributed by atoms with van der Waals surface area (Å²) < 4.78 is 5.25. The second-order valence-corrected chi connectivity index (χ2v) is 21.3. The van der Waals surface area contributed by atoms with Crippen molar-refractivity contribution in [3.05, 3.63) is 196 Å². The van der Waals surface area contributed by atoms with E-state index in [0.717, 1.165) is 126 Å². The van der Waals surface area contributed by atoms with Crippen LogP contribution in [0.15, 0.2) is 176 Å². The molecule has 82 heavy (non-hydrogen) atoms. The lowest BCUT2D eigenvalue weighted by atomic mass is 10.0. The van der Waals surface area contributed by atoms with Gasteiger partial charge in [-0.05, 0) is 168 Å². The van der Waals surface area contributed by atoms with Gasteiger partial charge in [-0.2, -0.15) is 0 Å². The molecule has 13 nitrogen and oxygen atoms in total. The van der Waals surface area contributed by atoms with Crippen LogP contribution in [-0.2, 0) is 24.0 Å². The summed E-state index contributed by atoms with van der Waals surface area (Å²) >= 11 is 0. The van der Waals surface area contributed by atoms with E-state index in [0.29, 0.717) is 12.6 Å². The fourth-order valence-corrected chi connectivity index (χ4v) is 9.77. The Hall–Kier alpha value is -8.06. The number of benzene rings is 6. The minimum Gasteiger partial charge on any atom is -0.463 e. The van der Waals surface area contributed by atoms with Crippen LogP contribution in [0.25, 0.3) is 0 Å². The maximum Gasteiger partial charge on any atom is 0.289 e. The zero-order valence-electron chi connectivity index (χ0n) is 50.0. The number of rotatable bonds is 12. The summed E-state index contributed by atoms with van der Waals surface area (Å²) in [6.07, 6.45) is 11.8. The molecule has 6 aliphatic rings. The van der Waals surface area contributed by atoms with Crippen LogP contribution in [0, 0.1) is 41.5 Å². The summed E-state index contributed by atoms with van der Waals surface area (Å²) in [6, 6.07) is 51.0. The van der Waals surface area contributed by atoms with E-state index < -0.39 is 0 Å². The fraction of sp³-hybridized carbons (Fsp3) is 0.391. The van der Waals surface area contributed by atoms with Crippen molar-refractivity contribution in [2.45, 2.75) is 106 Å². The maximum atomic E-state index is 5.25. The van der Waals surface area contributed by atoms with Crippen molar-refractivity contribution >= 4 is 52.3 Å². The molecule has 0 aliphatic carbocycles. The van der Waals surface area contributed by atoms with Crippen LogP contribution in [0.5, 0.6) is 0 Å². The Morgan fingerprint density at radius 3 is 1.27 bits per heavy atom. The monoisotopic (exact) mass is 1100 g/mol. The lowest BCUT2D eigenvalue weighted by Crippen LogP contribution is -2.29. The SMILES string of the molecule is Cc1ccccc1CCC1=NCCC1.Cc1ccccc1CCC1=NCCC1.Cc1ccccc1CCC1=NCCN1.Cc1ccccc1NC1=NCCN1.Cc1ccccc1NC1=NCCN1C.Cc1ccccc1NC1=NCCO1. The number of aryl methyl sites for hydroxylation is 9. The number of nitrogens with zero attached hydrogens (tertiary/aromatic N) is 7. The quantitative estimate of drug-likeness (QED) is 0.0820. The van der Waals surface area contributed by atoms with Crippen LogP contribution in [0.3, 0.4) is 0 Å². The van der Waals surface area contributed by atoms with E-state index in [1.807, 2.05) is 42.5 Å². The Balaban J connectivity index is 0.000000142. The number of amidine groups is 2. The predicted octanol–water partition coefficient (Wildman–Crippen LogP) is 13.1. The third kappa shape index (κ3) is 21.4. The number of nitrogens with one attached hydrogen (secondary N) is 5. The summed E-state index contributed by atoms with van der Waals surface area (Å²) in [4.78, 5) is 28.3. The molecule has 6 heterocycles. The van der Waals surface area contributed by atoms with Crippen LogP contribution in [0.2, 0.25) is 0 Å². The largest absolute Gasteiger partial charge is 0.463 e. The van der Waals surface area contributed by atoms with E-state index in [2.05, 4.69) is 213 Å². The zero-order valence-corrected chi connectivity index (χ0v) is 50.0. The van der Waals surface area contributed by atoms with Gasteiger partial charge in [-0.3, -0.25) is 25.0 Å². The number of anilines is 3. The molecule has 0 bridgehead atoms. The van der Waals surface area contributed by atoms with Crippen LogP contribution < -0.4 is 26.6 Å². The third-order valence-corrected chi connectivity index (χ3v) is 14.9. The van der Waals surface area contributed by atoms with E-state index in [1.54, 1.807) is 0 Å². The first kappa shape index (κ1) is 61.6. The summed E-state index contributed by atoms with van der Waals surface area (Å²) in [5, 5.41) is 16.2. The van der Waals surface area contributed by atoms with Gasteiger partial charge in [-0.1, -0.05) is 127 Å². The Morgan fingerprint density at radius 1 is 0.415 bits per heavy atom. The molecule has 0 saturated carbocycles. The standard InChI is InChI=1S/2C13H17N.C12H16N2.C11H15N3.C10H13N3.C10H12N2O/c2*1-11-5-2-3-6-12(11)8-9-13-7-4-10-14-13;1-10-4-2-3-5-11(10)6-7-12-13-8-9-14-12;1-9-5-3-4-6-10(9)13-11-12-7-8-14(11)2;1-8-4-2-3-5-9(8)13-10-11-6-7-12-10;1-8-4-2-3-5-9(8)12-10-11-6-7-13-10/h2*2-3,5-6H,4,7-10H2,1H3;2-5H,6-9H2,1H3,(H,13,14);3-6H,7-8H2,1-2H3,(H,12,13);2-5H,6-7H2,1H3,(H2,11,12,13);2-5H,6-7H2,1H3,(H,11,12). The van der Waals surface area contributed by atoms with Crippen LogP contribution >= 0.6 is 0 Å². The van der Waals surface area contributed by atoms with Crippen LogP contribution in [-0.4, -0.2) is 113 Å². The minimum atomic E-state index is 0.634. The Kier molecular flexibility index (Phi) is 25.7. The number of ether oxygens (including phenoxy) is 1. The smallest absolute Gasteiger partial charge is 0.289 e. The van der Waals surface area contributed by atoms with Gasteiger partial charge in [0.05, 0.1) is 32.0 Å². The molecule has 0 spiro atoms. The van der Waals surface area contributed by atoms with Crippen molar-refractivity contribution < 1.29 is 4.74 Å². The fourth-order valence-electron chi connectivity index (χ4n) is 9.77. The lowest BCUT2D eigenvalue weighted by molar-refractivity contribution is 0.346. The predicted molar refractivity (Wildman–Crippen MR) is 350 cm³/mol. The van der Waals surface area contributed by atoms with E-state index in [1.165, 1.54) is 93.0 Å². The molecule has 0 saturated heterocycles. The number of hydrogen-bond donors (Lipinski definition) is 5. The molecule has 0 fully saturated rings. The summed E-state index contributed by atoms with van der Waals surface area (Å²) in [7, 11) is 2.05. The van der Waals surface area contributed by atoms with Crippen molar-refractivity contribution in [1.82, 2.24) is 15.5 Å². The highest BCUT2D eigenvalue weighted by Gasteiger charge is 2.14. The number of hydrogen-bond acceptors (Lipinski definition) is 13. The van der Waals surface area contributed by atoms with Crippen molar-refractivity contribution in [3.8, 4) is 0 Å². The molecule has 6 aromatic carbocycles. The Bertz CT molecular complexity index is 2890. The molecule has 0 atom stereocenters. The van der Waals surface area contributed by atoms with Crippen molar-refractivity contribution in [3.63, 3.8) is 0 Å². The normalized spacial score (nSPS) is 15.3. The molecule has 0 radical (unpaired) electrons. The number of para-hydroxylation sites is 3. The lowest BCUT2D eigenvalue weighted by Gasteiger charge is -2.16. The Labute approximate surface area is 490 Å². The van der Waals surface area contributed by atoms with Gasteiger partial charge in [0.15, 0.2) is 11.9 Å². The molecule has 6 aromatic rings. The molecule has 0 unspecified atom stereocenters. The highest BCUT2D eigenvalue weighted by atomic mass is 16.5. The van der Waals surface area contributed by atoms with Crippen LogP contribution in [0.1, 0.15) is 95.0 Å². The topological polar surface area (TPSA) is 147 Å². The van der Waals surface area contributed by atoms with Gasteiger partial charge in [0.2, 0.25) is 0 Å². The van der Waals surface area contributed by atoms with Crippen molar-refractivity contribution in [2.24, 2.45) is 30.0 Å². The Morgan fingerprint density at radius 2 is 0.866 bits per heavy atom. The zero-order chi connectivity index (χ0) is 57.6. The first-order valence-corrected chi connectivity index (χ1v) is 29.7. The second kappa shape index (κ2) is 34.3. The van der Waals surface area contributed by atoms with Gasteiger partial charge >= 0.3 is 0 Å². The van der Waals surface area contributed by atoms with E-state index in [9.17, 15) is 0 Å². The molecule has 13 heteroatoms. The molecule has 12 rings (SSSR count). The van der Waals surface area contributed by atoms with Gasteiger partial charge < -0.3 is 36.2 Å². The molecule has 432 valence electrons. The average molecular weight is 1100 g/mol. The van der Waals surface area contributed by atoms with Gasteiger partial charge in [0.1, 0.15) is 6.61 Å². The molecular formula is C69H90N12O. The van der Waals surface area contributed by atoms with Gasteiger partial charge in [0.25, 0.3) is 6.02 Å². The van der Waals surface area contributed by atoms with Crippen molar-refractivity contribution in [2.75, 3.05) is 88.5 Å².